The summed E-state index contributed by atoms with van der Waals surface area (Å²) in [5, 5.41) is 10.5. The molecule has 0 bridgehead atoms. The molecule has 130 valence electrons. The summed E-state index contributed by atoms with van der Waals surface area (Å²) >= 11 is 0. The van der Waals surface area contributed by atoms with Crippen LogP contribution in [0.1, 0.15) is 29.6 Å². The predicted molar refractivity (Wildman–Crippen MR) is 92.9 cm³/mol. The van der Waals surface area contributed by atoms with Crippen molar-refractivity contribution < 1.29 is 4.74 Å². The van der Waals surface area contributed by atoms with Gasteiger partial charge in [-0.05, 0) is 20.8 Å². The second-order valence-corrected chi connectivity index (χ2v) is 5.39. The van der Waals surface area contributed by atoms with Crippen molar-refractivity contribution >= 4 is 5.96 Å². The zero-order chi connectivity index (χ0) is 17.5. The number of nitrogens with one attached hydrogen (secondary N) is 2. The molecule has 0 aliphatic carbocycles. The Balaban J connectivity index is 2.09. The van der Waals surface area contributed by atoms with Gasteiger partial charge >= 0.3 is 0 Å². The number of methoxy groups -OCH3 is 1. The van der Waals surface area contributed by atoms with Crippen LogP contribution in [0.25, 0.3) is 0 Å². The number of aliphatic imine (C=N–C) groups is 1. The van der Waals surface area contributed by atoms with Crippen molar-refractivity contribution in [2.45, 2.75) is 33.9 Å². The predicted octanol–water partition coefficient (Wildman–Crippen LogP) is 1.09. The summed E-state index contributed by atoms with van der Waals surface area (Å²) in [6, 6.07) is 0. The molecule has 0 spiro atoms. The zero-order valence-electron chi connectivity index (χ0n) is 14.9. The van der Waals surface area contributed by atoms with Crippen molar-refractivity contribution in [3.63, 3.8) is 0 Å². The van der Waals surface area contributed by atoms with Crippen LogP contribution in [0, 0.1) is 13.8 Å². The fourth-order valence-corrected chi connectivity index (χ4v) is 2.37. The van der Waals surface area contributed by atoms with Gasteiger partial charge in [0.15, 0.2) is 5.96 Å². The van der Waals surface area contributed by atoms with Gasteiger partial charge in [-0.25, -0.2) is 9.98 Å². The smallest absolute Gasteiger partial charge is 0.192 e. The molecule has 2 N–H and O–H groups in total. The Labute approximate surface area is 142 Å². The highest BCUT2D eigenvalue weighted by Gasteiger charge is 2.09. The van der Waals surface area contributed by atoms with Gasteiger partial charge in [-0.1, -0.05) is 0 Å². The Morgan fingerprint density at radius 1 is 1.29 bits per heavy atom. The van der Waals surface area contributed by atoms with Crippen LogP contribution in [0.3, 0.4) is 0 Å². The zero-order valence-corrected chi connectivity index (χ0v) is 14.9. The Bertz CT molecular complexity index is 708. The molecule has 8 nitrogen and oxygen atoms in total. The summed E-state index contributed by atoms with van der Waals surface area (Å²) < 4.78 is 7.17. The lowest BCUT2D eigenvalue weighted by Crippen LogP contribution is -2.37. The molecule has 0 saturated carbocycles. The molecule has 2 heterocycles. The maximum Gasteiger partial charge on any atom is 0.192 e. The van der Waals surface area contributed by atoms with Crippen molar-refractivity contribution in [2.24, 2.45) is 12.0 Å². The number of aromatic nitrogens is 4. The molecule has 0 aliphatic heterocycles. The number of rotatable bonds is 6. The second-order valence-electron chi connectivity index (χ2n) is 5.39. The largest absolute Gasteiger partial charge is 0.496 e. The maximum atomic E-state index is 5.44. The third kappa shape index (κ3) is 4.21. The van der Waals surface area contributed by atoms with E-state index in [9.17, 15) is 0 Å². The highest BCUT2D eigenvalue weighted by molar-refractivity contribution is 5.79. The van der Waals surface area contributed by atoms with Crippen LogP contribution < -0.4 is 15.4 Å². The normalized spacial score (nSPS) is 11.5. The molecule has 0 aliphatic rings. The van der Waals surface area contributed by atoms with Gasteiger partial charge in [0.05, 0.1) is 25.9 Å². The number of nitrogens with zero attached hydrogens (tertiary/aromatic N) is 5. The standard InChI is InChI=1S/C16H25N7O/c1-6-17-16(20-9-14-21-10-22-23(14)4)19-8-13-12(3)15(24-5)11(2)7-18-13/h7,10H,6,8-9H2,1-5H3,(H2,17,19,20). The molecule has 0 radical (unpaired) electrons. The van der Waals surface area contributed by atoms with Gasteiger partial charge in [0, 0.05) is 30.9 Å². The number of ether oxygens (including phenoxy) is 1. The monoisotopic (exact) mass is 331 g/mol. The van der Waals surface area contributed by atoms with E-state index in [-0.39, 0.29) is 0 Å². The number of hydrogen-bond acceptors (Lipinski definition) is 5. The fourth-order valence-electron chi connectivity index (χ4n) is 2.37. The lowest BCUT2D eigenvalue weighted by Gasteiger charge is -2.13. The molecule has 2 aromatic heterocycles. The summed E-state index contributed by atoms with van der Waals surface area (Å²) in [7, 11) is 3.54. The number of guanidine groups is 1. The lowest BCUT2D eigenvalue weighted by atomic mass is 10.1. The van der Waals surface area contributed by atoms with Crippen LogP contribution >= 0.6 is 0 Å². The first-order chi connectivity index (χ1) is 11.6. The highest BCUT2D eigenvalue weighted by Crippen LogP contribution is 2.24. The molecule has 0 saturated heterocycles. The average molecular weight is 331 g/mol. The van der Waals surface area contributed by atoms with Gasteiger partial charge in [0.1, 0.15) is 17.9 Å². The van der Waals surface area contributed by atoms with E-state index in [1.54, 1.807) is 11.8 Å². The Morgan fingerprint density at radius 2 is 2.08 bits per heavy atom. The Morgan fingerprint density at radius 3 is 2.71 bits per heavy atom. The van der Waals surface area contributed by atoms with E-state index < -0.39 is 0 Å². The van der Waals surface area contributed by atoms with Gasteiger partial charge in [0.25, 0.3) is 0 Å². The molecule has 24 heavy (non-hydrogen) atoms. The van der Waals surface area contributed by atoms with Crippen LogP contribution in [0.2, 0.25) is 0 Å². The van der Waals surface area contributed by atoms with Crippen molar-refractivity contribution in [3.8, 4) is 5.75 Å². The van der Waals surface area contributed by atoms with Crippen LogP contribution in [0.15, 0.2) is 17.5 Å². The third-order valence-corrected chi connectivity index (χ3v) is 3.70. The summed E-state index contributed by atoms with van der Waals surface area (Å²) in [4.78, 5) is 13.3. The van der Waals surface area contributed by atoms with Gasteiger partial charge in [0.2, 0.25) is 0 Å². The number of aryl methyl sites for hydroxylation is 2. The minimum Gasteiger partial charge on any atom is -0.496 e. The van der Waals surface area contributed by atoms with Gasteiger partial charge in [-0.15, -0.1) is 0 Å². The van der Waals surface area contributed by atoms with E-state index in [0.717, 1.165) is 34.9 Å². The van der Waals surface area contributed by atoms with Crippen LogP contribution in [-0.4, -0.2) is 39.4 Å². The summed E-state index contributed by atoms with van der Waals surface area (Å²) in [5.74, 6) is 2.42. The minimum absolute atomic E-state index is 0.469. The van der Waals surface area contributed by atoms with E-state index in [2.05, 4.69) is 30.7 Å². The molecular formula is C16H25N7O. The second kappa shape index (κ2) is 8.28. The molecule has 0 atom stereocenters. The van der Waals surface area contributed by atoms with E-state index >= 15 is 0 Å². The van der Waals surface area contributed by atoms with E-state index in [0.29, 0.717) is 19.0 Å². The van der Waals surface area contributed by atoms with Crippen LogP contribution in [0.4, 0.5) is 0 Å². The summed E-state index contributed by atoms with van der Waals surface area (Å²) in [6.45, 7) is 7.80. The third-order valence-electron chi connectivity index (χ3n) is 3.70. The lowest BCUT2D eigenvalue weighted by molar-refractivity contribution is 0.407. The van der Waals surface area contributed by atoms with Crippen molar-refractivity contribution in [2.75, 3.05) is 13.7 Å². The number of pyridine rings is 1. The van der Waals surface area contributed by atoms with Crippen LogP contribution in [0.5, 0.6) is 5.75 Å². The molecule has 2 aromatic rings. The molecule has 2 rings (SSSR count). The van der Waals surface area contributed by atoms with Crippen LogP contribution in [-0.2, 0) is 20.1 Å². The van der Waals surface area contributed by atoms with Crippen molar-refractivity contribution in [1.82, 2.24) is 30.4 Å². The molecule has 0 amide bonds. The first-order valence-corrected chi connectivity index (χ1v) is 7.90. The van der Waals surface area contributed by atoms with E-state index in [4.69, 9.17) is 4.74 Å². The molecular weight excluding hydrogens is 306 g/mol. The van der Waals surface area contributed by atoms with Crippen molar-refractivity contribution in [1.29, 1.82) is 0 Å². The van der Waals surface area contributed by atoms with Gasteiger partial charge in [-0.3, -0.25) is 9.67 Å². The molecule has 0 fully saturated rings. The van der Waals surface area contributed by atoms with Crippen molar-refractivity contribution in [3.05, 3.63) is 35.2 Å². The summed E-state index contributed by atoms with van der Waals surface area (Å²) in [6.07, 6.45) is 3.35. The first kappa shape index (κ1) is 17.7. The highest BCUT2D eigenvalue weighted by atomic mass is 16.5. The quantitative estimate of drug-likeness (QED) is 0.608. The van der Waals surface area contributed by atoms with E-state index in [1.165, 1.54) is 6.33 Å². The maximum absolute atomic E-state index is 5.44. The number of hydrogen-bond donors (Lipinski definition) is 2. The minimum atomic E-state index is 0.469. The molecule has 0 unspecified atom stereocenters. The Hall–Kier alpha value is -2.64. The van der Waals surface area contributed by atoms with E-state index in [1.807, 2.05) is 34.0 Å². The van der Waals surface area contributed by atoms with Gasteiger partial charge in [-0.2, -0.15) is 5.10 Å². The van der Waals surface area contributed by atoms with Gasteiger partial charge < -0.3 is 15.4 Å². The molecule has 8 heteroatoms. The molecule has 0 aromatic carbocycles. The summed E-state index contributed by atoms with van der Waals surface area (Å²) in [5.41, 5.74) is 2.94. The fraction of sp³-hybridized carbons (Fsp3) is 0.500. The first-order valence-electron chi connectivity index (χ1n) is 7.90. The average Bonchev–Trinajstić information content (AvgIpc) is 2.97. The topological polar surface area (TPSA) is 89.2 Å². The Kier molecular flexibility index (Phi) is 6.11. The SMILES string of the molecule is CCNC(=NCc1ncc(C)c(OC)c1C)NCc1ncnn1C.